The maximum Gasteiger partial charge on any atom is 0.0622 e. The van der Waals surface area contributed by atoms with Crippen LogP contribution in [0.25, 0.3) is 0 Å². The summed E-state index contributed by atoms with van der Waals surface area (Å²) in [7, 11) is 2.18. The average Bonchev–Trinajstić information content (AvgIpc) is 2.28. The third kappa shape index (κ3) is 5.79. The number of hydrogen-bond donors (Lipinski definition) is 0. The molecule has 2 heteroatoms. The van der Waals surface area contributed by atoms with Crippen LogP contribution in [0.1, 0.15) is 51.4 Å². The largest absolute Gasteiger partial charge is 0.306 e. The van der Waals surface area contributed by atoms with Gasteiger partial charge in [0.1, 0.15) is 0 Å². The third-order valence-electron chi connectivity index (χ3n) is 3.47. The Hall–Kier alpha value is -0.550. The van der Waals surface area contributed by atoms with Crippen molar-refractivity contribution in [2.24, 2.45) is 5.92 Å². The zero-order valence-corrected chi connectivity index (χ0v) is 10.0. The lowest BCUT2D eigenvalue weighted by atomic mass is 9.87. The molecule has 0 aromatic heterocycles. The highest BCUT2D eigenvalue weighted by Crippen LogP contribution is 2.26. The van der Waals surface area contributed by atoms with Gasteiger partial charge in [-0.1, -0.05) is 32.1 Å². The van der Waals surface area contributed by atoms with Crippen LogP contribution in [-0.2, 0) is 0 Å². The lowest BCUT2D eigenvalue weighted by Crippen LogP contribution is -2.23. The molecule has 0 heterocycles. The first-order chi connectivity index (χ1) is 7.33. The zero-order valence-electron chi connectivity index (χ0n) is 10.0. The first-order valence-electron chi connectivity index (χ1n) is 6.38. The van der Waals surface area contributed by atoms with Crippen LogP contribution >= 0.6 is 0 Å². The SMILES string of the molecule is CN(CCCC#N)CCC1CCCCC1. The Morgan fingerprint density at radius 1 is 1.20 bits per heavy atom. The van der Waals surface area contributed by atoms with Gasteiger partial charge in [-0.05, 0) is 38.9 Å². The number of rotatable bonds is 6. The van der Waals surface area contributed by atoms with Gasteiger partial charge >= 0.3 is 0 Å². The van der Waals surface area contributed by atoms with Gasteiger partial charge in [0.05, 0.1) is 6.07 Å². The summed E-state index contributed by atoms with van der Waals surface area (Å²) in [5, 5.41) is 8.44. The van der Waals surface area contributed by atoms with Crippen LogP contribution in [0.2, 0.25) is 0 Å². The van der Waals surface area contributed by atoms with Gasteiger partial charge in [-0.2, -0.15) is 5.26 Å². The van der Waals surface area contributed by atoms with Crippen LogP contribution in [0.3, 0.4) is 0 Å². The highest BCUT2D eigenvalue weighted by atomic mass is 15.1. The second-order valence-electron chi connectivity index (χ2n) is 4.86. The van der Waals surface area contributed by atoms with Gasteiger partial charge in [0.2, 0.25) is 0 Å². The van der Waals surface area contributed by atoms with Gasteiger partial charge in [-0.25, -0.2) is 0 Å². The summed E-state index contributed by atoms with van der Waals surface area (Å²) < 4.78 is 0. The molecule has 1 aliphatic carbocycles. The molecule has 0 N–H and O–H groups in total. The molecule has 0 aliphatic heterocycles. The van der Waals surface area contributed by atoms with E-state index in [1.807, 2.05) is 0 Å². The van der Waals surface area contributed by atoms with Crippen LogP contribution in [0.5, 0.6) is 0 Å². The molecule has 0 radical (unpaired) electrons. The quantitative estimate of drug-likeness (QED) is 0.627. The second kappa shape index (κ2) is 7.70. The summed E-state index contributed by atoms with van der Waals surface area (Å²) in [6.07, 6.45) is 10.3. The first-order valence-corrected chi connectivity index (χ1v) is 6.38. The minimum absolute atomic E-state index is 0.702. The number of unbranched alkanes of at least 4 members (excludes halogenated alkanes) is 1. The van der Waals surface area contributed by atoms with Crippen LogP contribution in [0, 0.1) is 17.2 Å². The van der Waals surface area contributed by atoms with E-state index in [4.69, 9.17) is 5.26 Å². The smallest absolute Gasteiger partial charge is 0.0622 e. The Balaban J connectivity index is 2.00. The summed E-state index contributed by atoms with van der Waals surface area (Å²) in [5.41, 5.74) is 0. The predicted octanol–water partition coefficient (Wildman–Crippen LogP) is 3.19. The van der Waals surface area contributed by atoms with Gasteiger partial charge in [-0.15, -0.1) is 0 Å². The van der Waals surface area contributed by atoms with E-state index in [1.54, 1.807) is 0 Å². The third-order valence-corrected chi connectivity index (χ3v) is 3.47. The van der Waals surface area contributed by atoms with Crippen LogP contribution in [0.4, 0.5) is 0 Å². The molecule has 1 aliphatic rings. The standard InChI is InChI=1S/C13H24N2/c1-15(11-6-5-10-14)12-9-13-7-3-2-4-8-13/h13H,2-9,11-12H2,1H3. The highest BCUT2D eigenvalue weighted by Gasteiger charge is 2.13. The van der Waals surface area contributed by atoms with E-state index in [9.17, 15) is 0 Å². The lowest BCUT2D eigenvalue weighted by molar-refractivity contribution is 0.263. The van der Waals surface area contributed by atoms with Gasteiger partial charge in [-0.3, -0.25) is 0 Å². The van der Waals surface area contributed by atoms with Crippen LogP contribution < -0.4 is 0 Å². The van der Waals surface area contributed by atoms with Crippen molar-refractivity contribution in [1.29, 1.82) is 5.26 Å². The van der Waals surface area contributed by atoms with Gasteiger partial charge in [0, 0.05) is 6.42 Å². The molecule has 1 saturated carbocycles. The molecule has 0 aromatic rings. The van der Waals surface area contributed by atoms with Crippen molar-refractivity contribution >= 4 is 0 Å². The summed E-state index contributed by atoms with van der Waals surface area (Å²) >= 11 is 0. The molecule has 0 unspecified atom stereocenters. The maximum atomic E-state index is 8.44. The van der Waals surface area contributed by atoms with Gasteiger partial charge < -0.3 is 4.90 Å². The van der Waals surface area contributed by atoms with Crippen molar-refractivity contribution in [2.75, 3.05) is 20.1 Å². The molecule has 86 valence electrons. The molecule has 0 amide bonds. The van der Waals surface area contributed by atoms with Crippen molar-refractivity contribution in [1.82, 2.24) is 4.90 Å². The summed E-state index contributed by atoms with van der Waals surface area (Å²) in [6.45, 7) is 2.30. The molecule has 1 fully saturated rings. The van der Waals surface area contributed by atoms with Gasteiger partial charge in [0.15, 0.2) is 0 Å². The lowest BCUT2D eigenvalue weighted by Gasteiger charge is -2.24. The molecule has 0 atom stereocenters. The van der Waals surface area contributed by atoms with E-state index in [0.717, 1.165) is 18.9 Å². The Morgan fingerprint density at radius 3 is 2.60 bits per heavy atom. The van der Waals surface area contributed by atoms with Crippen molar-refractivity contribution < 1.29 is 0 Å². The predicted molar refractivity (Wildman–Crippen MR) is 63.5 cm³/mol. The molecule has 0 aromatic carbocycles. The van der Waals surface area contributed by atoms with E-state index in [1.165, 1.54) is 45.1 Å². The topological polar surface area (TPSA) is 27.0 Å². The Morgan fingerprint density at radius 2 is 1.93 bits per heavy atom. The molecular weight excluding hydrogens is 184 g/mol. The number of nitrogens with zero attached hydrogens (tertiary/aromatic N) is 2. The number of nitriles is 1. The van der Waals surface area contributed by atoms with E-state index in [2.05, 4.69) is 18.0 Å². The molecule has 0 saturated heterocycles. The summed E-state index contributed by atoms with van der Waals surface area (Å²) in [5.74, 6) is 0.983. The van der Waals surface area contributed by atoms with Crippen molar-refractivity contribution in [2.45, 2.75) is 51.4 Å². The molecule has 15 heavy (non-hydrogen) atoms. The Labute approximate surface area is 94.3 Å². The van der Waals surface area contributed by atoms with E-state index >= 15 is 0 Å². The summed E-state index contributed by atoms with van der Waals surface area (Å²) in [6, 6.07) is 2.20. The van der Waals surface area contributed by atoms with Crippen LogP contribution in [0.15, 0.2) is 0 Å². The average molecular weight is 208 g/mol. The molecular formula is C13H24N2. The molecule has 0 spiro atoms. The fraction of sp³-hybridized carbons (Fsp3) is 0.923. The van der Waals surface area contributed by atoms with Crippen molar-refractivity contribution in [3.63, 3.8) is 0 Å². The van der Waals surface area contributed by atoms with Gasteiger partial charge in [0.25, 0.3) is 0 Å². The van der Waals surface area contributed by atoms with E-state index in [-0.39, 0.29) is 0 Å². The molecule has 1 rings (SSSR count). The van der Waals surface area contributed by atoms with Crippen molar-refractivity contribution in [3.05, 3.63) is 0 Å². The fourth-order valence-electron chi connectivity index (χ4n) is 2.42. The summed E-state index contributed by atoms with van der Waals surface area (Å²) in [4.78, 5) is 2.38. The number of hydrogen-bond acceptors (Lipinski definition) is 2. The highest BCUT2D eigenvalue weighted by molar-refractivity contribution is 4.70. The normalized spacial score (nSPS) is 17.9. The van der Waals surface area contributed by atoms with Crippen molar-refractivity contribution in [3.8, 4) is 6.07 Å². The monoisotopic (exact) mass is 208 g/mol. The first kappa shape index (κ1) is 12.5. The second-order valence-corrected chi connectivity index (χ2v) is 4.86. The minimum Gasteiger partial charge on any atom is -0.306 e. The Bertz CT molecular complexity index is 189. The Kier molecular flexibility index (Phi) is 6.43. The maximum absolute atomic E-state index is 8.44. The van der Waals surface area contributed by atoms with E-state index in [0.29, 0.717) is 6.42 Å². The molecule has 0 bridgehead atoms. The minimum atomic E-state index is 0.702. The zero-order chi connectivity index (χ0) is 10.9. The molecule has 2 nitrogen and oxygen atoms in total. The van der Waals surface area contributed by atoms with E-state index < -0.39 is 0 Å². The van der Waals surface area contributed by atoms with Crippen LogP contribution in [-0.4, -0.2) is 25.0 Å². The fourth-order valence-corrected chi connectivity index (χ4v) is 2.42.